The lowest BCUT2D eigenvalue weighted by molar-refractivity contribution is 0.630. The number of benzene rings is 7. The molecule has 0 N–H and O–H groups in total. The Morgan fingerprint density at radius 1 is 0.381 bits per heavy atom. The Labute approximate surface area is 253 Å². The topological polar surface area (TPSA) is 26.3 Å². The van der Waals surface area contributed by atoms with Crippen LogP contribution in [0.1, 0.15) is 11.0 Å². The highest BCUT2D eigenvalue weighted by atomic mass is 16.3. The van der Waals surface area contributed by atoms with Crippen molar-refractivity contribution in [1.82, 2.24) is 0 Å². The number of hydrogen-bond acceptors (Lipinski definition) is 2. The standard InChI is InChI=1S/C40H24O2/c1-3-13-25(14-4-1)37-28-18-7-9-20-30(28)39(31-21-10-8-19-29(31)37)40-38(26-15-5-2-6-16-26)33-23-32-27-17-11-12-22-34(27)41-35(32)24-36(33)42-40/h1-24H/i7D,8D,9D,10D,18D,19D,20D,21D. The summed E-state index contributed by atoms with van der Waals surface area (Å²) in [6.45, 7) is 0. The van der Waals surface area contributed by atoms with E-state index in [0.717, 1.165) is 21.9 Å². The maximum Gasteiger partial charge on any atom is 0.144 e. The van der Waals surface area contributed by atoms with Crippen LogP contribution in [0.25, 0.3) is 88.0 Å². The van der Waals surface area contributed by atoms with Gasteiger partial charge in [-0.25, -0.2) is 0 Å². The lowest BCUT2D eigenvalue weighted by Gasteiger charge is -2.17. The molecule has 0 fully saturated rings. The average molecular weight is 545 g/mol. The van der Waals surface area contributed by atoms with Gasteiger partial charge in [-0.3, -0.25) is 0 Å². The molecule has 0 aliphatic heterocycles. The van der Waals surface area contributed by atoms with Crippen molar-refractivity contribution >= 4 is 54.5 Å². The van der Waals surface area contributed by atoms with E-state index in [1.807, 2.05) is 66.7 Å². The summed E-state index contributed by atoms with van der Waals surface area (Å²) in [4.78, 5) is 0. The predicted molar refractivity (Wildman–Crippen MR) is 175 cm³/mol. The highest BCUT2D eigenvalue weighted by molar-refractivity contribution is 6.23. The molecule has 2 heteroatoms. The van der Waals surface area contributed by atoms with Crippen LogP contribution in [0.3, 0.4) is 0 Å². The van der Waals surface area contributed by atoms with Gasteiger partial charge < -0.3 is 8.83 Å². The van der Waals surface area contributed by atoms with Crippen LogP contribution in [0, 0.1) is 0 Å². The fourth-order valence-electron chi connectivity index (χ4n) is 6.13. The number of fused-ring (bicyclic) bond motifs is 6. The second-order valence-corrected chi connectivity index (χ2v) is 10.2. The van der Waals surface area contributed by atoms with Gasteiger partial charge in [0, 0.05) is 33.4 Å². The van der Waals surface area contributed by atoms with Gasteiger partial charge in [0.1, 0.15) is 22.5 Å². The molecule has 2 nitrogen and oxygen atoms in total. The van der Waals surface area contributed by atoms with Gasteiger partial charge in [-0.2, -0.15) is 0 Å². The Kier molecular flexibility index (Phi) is 3.54. The summed E-state index contributed by atoms with van der Waals surface area (Å²) < 4.78 is 85.0. The van der Waals surface area contributed by atoms with Crippen LogP contribution in [-0.2, 0) is 0 Å². The van der Waals surface area contributed by atoms with Crippen molar-refractivity contribution in [2.24, 2.45) is 0 Å². The van der Waals surface area contributed by atoms with Crippen LogP contribution in [0.2, 0.25) is 0 Å². The third-order valence-corrected chi connectivity index (χ3v) is 7.91. The van der Waals surface area contributed by atoms with E-state index >= 15 is 0 Å². The maximum absolute atomic E-state index is 9.32. The first-order valence-corrected chi connectivity index (χ1v) is 13.6. The van der Waals surface area contributed by atoms with Gasteiger partial charge in [-0.1, -0.05) is 127 Å². The van der Waals surface area contributed by atoms with E-state index in [2.05, 4.69) is 0 Å². The van der Waals surface area contributed by atoms with Crippen LogP contribution in [-0.4, -0.2) is 0 Å². The fourth-order valence-corrected chi connectivity index (χ4v) is 6.13. The van der Waals surface area contributed by atoms with E-state index in [-0.39, 0.29) is 57.0 Å². The molecule has 196 valence electrons. The van der Waals surface area contributed by atoms with Crippen LogP contribution >= 0.6 is 0 Å². The molecule has 0 unspecified atom stereocenters. The van der Waals surface area contributed by atoms with E-state index in [0.29, 0.717) is 33.2 Å². The molecule has 9 rings (SSSR count). The zero-order chi connectivity index (χ0) is 34.6. The molecular weight excluding hydrogens is 512 g/mol. The number of hydrogen-bond donors (Lipinski definition) is 0. The first-order chi connectivity index (χ1) is 24.2. The van der Waals surface area contributed by atoms with Crippen molar-refractivity contribution in [2.45, 2.75) is 0 Å². The molecule has 2 aromatic heterocycles. The predicted octanol–water partition coefficient (Wildman–Crippen LogP) is 11.6. The Bertz CT molecular complexity index is 2810. The van der Waals surface area contributed by atoms with E-state index in [1.54, 1.807) is 30.3 Å². The largest absolute Gasteiger partial charge is 0.456 e. The molecule has 42 heavy (non-hydrogen) atoms. The molecule has 0 saturated heterocycles. The Balaban J connectivity index is 1.59. The van der Waals surface area contributed by atoms with Gasteiger partial charge in [-0.05, 0) is 50.4 Å². The summed E-state index contributed by atoms with van der Waals surface area (Å²) in [7, 11) is 0. The van der Waals surface area contributed by atoms with Gasteiger partial charge in [0.15, 0.2) is 0 Å². The van der Waals surface area contributed by atoms with Gasteiger partial charge in [-0.15, -0.1) is 0 Å². The highest BCUT2D eigenvalue weighted by Gasteiger charge is 2.24. The normalized spacial score (nSPS) is 14.5. The number of rotatable bonds is 3. The van der Waals surface area contributed by atoms with E-state index in [9.17, 15) is 5.48 Å². The van der Waals surface area contributed by atoms with Crippen LogP contribution in [0.15, 0.2) is 154 Å². The van der Waals surface area contributed by atoms with Crippen molar-refractivity contribution in [3.63, 3.8) is 0 Å². The maximum atomic E-state index is 9.32. The third-order valence-electron chi connectivity index (χ3n) is 7.91. The monoisotopic (exact) mass is 544 g/mol. The SMILES string of the molecule is [2H]c1c([2H])c([2H])c2c(-c3oc4cc5oc6ccccc6c5cc4c3-c3ccccc3)c3c([2H])c([2H])c([2H])c([2H])c3c(-c3ccccc3)c2c1[2H]. The van der Waals surface area contributed by atoms with Crippen molar-refractivity contribution in [1.29, 1.82) is 0 Å². The van der Waals surface area contributed by atoms with Crippen molar-refractivity contribution in [2.75, 3.05) is 0 Å². The lowest BCUT2D eigenvalue weighted by atomic mass is 9.86. The lowest BCUT2D eigenvalue weighted by Crippen LogP contribution is -1.91. The summed E-state index contributed by atoms with van der Waals surface area (Å²) in [5.74, 6) is 0.216. The third kappa shape index (κ3) is 3.33. The summed E-state index contributed by atoms with van der Waals surface area (Å²) in [5.41, 5.74) is 4.12. The molecule has 7 aromatic carbocycles. The minimum absolute atomic E-state index is 0.0951. The smallest absolute Gasteiger partial charge is 0.144 e. The average Bonchev–Trinajstić information content (AvgIpc) is 3.70. The van der Waals surface area contributed by atoms with Gasteiger partial charge >= 0.3 is 0 Å². The molecule has 0 aliphatic rings. The van der Waals surface area contributed by atoms with Gasteiger partial charge in [0.25, 0.3) is 0 Å². The van der Waals surface area contributed by atoms with E-state index in [1.165, 1.54) is 0 Å². The molecule has 2 heterocycles. The summed E-state index contributed by atoms with van der Waals surface area (Å²) in [6, 6.07) is 26.7. The second kappa shape index (κ2) is 8.95. The summed E-state index contributed by atoms with van der Waals surface area (Å²) >= 11 is 0. The molecule has 0 spiro atoms. The zero-order valence-electron chi connectivity index (χ0n) is 30.1. The molecular formula is C40H24O2. The molecule has 0 bridgehead atoms. The molecule has 0 aliphatic carbocycles. The number of furan rings is 2. The molecule has 0 atom stereocenters. The van der Waals surface area contributed by atoms with Gasteiger partial charge in [0.2, 0.25) is 0 Å². The minimum atomic E-state index is -0.468. The Hall–Kier alpha value is -5.60. The van der Waals surface area contributed by atoms with Crippen LogP contribution in [0.5, 0.6) is 0 Å². The van der Waals surface area contributed by atoms with Crippen molar-refractivity contribution < 1.29 is 19.8 Å². The number of para-hydroxylation sites is 1. The first-order valence-electron chi connectivity index (χ1n) is 17.6. The first kappa shape index (κ1) is 16.6. The summed E-state index contributed by atoms with van der Waals surface area (Å²) in [5, 5.41) is 2.94. The minimum Gasteiger partial charge on any atom is -0.456 e. The second-order valence-electron chi connectivity index (χ2n) is 10.2. The van der Waals surface area contributed by atoms with Crippen molar-refractivity contribution in [3.8, 4) is 33.6 Å². The molecule has 0 saturated carbocycles. The van der Waals surface area contributed by atoms with E-state index < -0.39 is 24.2 Å². The van der Waals surface area contributed by atoms with Crippen molar-refractivity contribution in [3.05, 3.63) is 145 Å². The highest BCUT2D eigenvalue weighted by Crippen LogP contribution is 2.49. The van der Waals surface area contributed by atoms with E-state index in [4.69, 9.17) is 14.3 Å². The summed E-state index contributed by atoms with van der Waals surface area (Å²) in [6.07, 6.45) is 0. The Morgan fingerprint density at radius 2 is 0.905 bits per heavy atom. The quantitative estimate of drug-likeness (QED) is 0.207. The van der Waals surface area contributed by atoms with Crippen LogP contribution in [0.4, 0.5) is 0 Å². The van der Waals surface area contributed by atoms with Gasteiger partial charge in [0.05, 0.1) is 11.0 Å². The Morgan fingerprint density at radius 3 is 1.55 bits per heavy atom. The fraction of sp³-hybridized carbons (Fsp3) is 0. The molecule has 9 aromatic rings. The van der Waals surface area contributed by atoms with Crippen LogP contribution < -0.4 is 0 Å². The molecule has 0 amide bonds. The zero-order valence-corrected chi connectivity index (χ0v) is 22.1. The molecule has 0 radical (unpaired) electrons.